The Morgan fingerprint density at radius 2 is 2.07 bits per heavy atom. The van der Waals surface area contributed by atoms with Crippen LogP contribution in [0.2, 0.25) is 0 Å². The molecule has 3 rings (SSSR count). The minimum absolute atomic E-state index is 0.163. The second-order valence-corrected chi connectivity index (χ2v) is 8.15. The van der Waals surface area contributed by atoms with Crippen molar-refractivity contribution in [1.29, 1.82) is 0 Å². The Hall–Kier alpha value is -2.48. The second-order valence-electron chi connectivity index (χ2n) is 6.84. The summed E-state index contributed by atoms with van der Waals surface area (Å²) in [5, 5.41) is 5.55. The molecule has 1 aromatic carbocycles. The zero-order valence-electron chi connectivity index (χ0n) is 16.2. The summed E-state index contributed by atoms with van der Waals surface area (Å²) in [5.74, 6) is 0.408. The number of aromatic nitrogens is 2. The van der Waals surface area contributed by atoms with Crippen LogP contribution in [0.1, 0.15) is 39.0 Å². The number of nitrogens with one attached hydrogen (secondary N) is 2. The van der Waals surface area contributed by atoms with Gasteiger partial charge in [0.1, 0.15) is 5.75 Å². The molecule has 0 saturated heterocycles. The van der Waals surface area contributed by atoms with E-state index in [9.17, 15) is 9.59 Å². The van der Waals surface area contributed by atoms with E-state index >= 15 is 0 Å². The van der Waals surface area contributed by atoms with Crippen molar-refractivity contribution in [2.24, 2.45) is 0 Å². The van der Waals surface area contributed by atoms with E-state index in [1.54, 1.807) is 20.2 Å². The zero-order chi connectivity index (χ0) is 19.9. The number of imide groups is 1. The molecule has 1 atom stereocenters. The summed E-state index contributed by atoms with van der Waals surface area (Å²) in [6, 6.07) is 7.35. The van der Waals surface area contributed by atoms with Crippen molar-refractivity contribution in [3.05, 3.63) is 36.7 Å². The van der Waals surface area contributed by atoms with Crippen LogP contribution in [0.5, 0.6) is 5.75 Å². The number of methoxy groups -OCH3 is 1. The summed E-state index contributed by atoms with van der Waals surface area (Å²) in [6.45, 7) is 1.76. The fourth-order valence-corrected chi connectivity index (χ4v) is 4.11. The number of thioether (sulfide) groups is 1. The number of ether oxygens (including phenoxy) is 1. The number of benzene rings is 1. The Kier molecular flexibility index (Phi) is 6.97. The van der Waals surface area contributed by atoms with Crippen molar-refractivity contribution >= 4 is 23.7 Å². The molecule has 28 heavy (non-hydrogen) atoms. The van der Waals surface area contributed by atoms with Crippen LogP contribution in [0, 0.1) is 0 Å². The van der Waals surface area contributed by atoms with E-state index in [0.717, 1.165) is 37.1 Å². The van der Waals surface area contributed by atoms with Gasteiger partial charge in [-0.3, -0.25) is 14.7 Å². The second kappa shape index (κ2) is 9.64. The lowest BCUT2D eigenvalue weighted by Gasteiger charge is -2.23. The van der Waals surface area contributed by atoms with Crippen molar-refractivity contribution in [3.8, 4) is 11.4 Å². The van der Waals surface area contributed by atoms with Gasteiger partial charge in [0.15, 0.2) is 5.16 Å². The number of amides is 3. The lowest BCUT2D eigenvalue weighted by molar-refractivity contribution is -0.119. The molecule has 2 aromatic rings. The van der Waals surface area contributed by atoms with Crippen LogP contribution in [0.15, 0.2) is 41.8 Å². The normalized spacial score (nSPS) is 15.6. The average Bonchev–Trinajstić information content (AvgIpc) is 3.16. The Morgan fingerprint density at radius 1 is 1.29 bits per heavy atom. The third-order valence-corrected chi connectivity index (χ3v) is 5.85. The van der Waals surface area contributed by atoms with Crippen molar-refractivity contribution in [2.45, 2.75) is 55.5 Å². The smallest absolute Gasteiger partial charge is 0.321 e. The summed E-state index contributed by atoms with van der Waals surface area (Å²) in [5.41, 5.74) is 0.891. The largest absolute Gasteiger partial charge is 0.497 e. The van der Waals surface area contributed by atoms with Crippen molar-refractivity contribution in [3.63, 3.8) is 0 Å². The van der Waals surface area contributed by atoms with Crippen LogP contribution in [0.25, 0.3) is 5.69 Å². The van der Waals surface area contributed by atoms with Crippen LogP contribution in [0.4, 0.5) is 4.79 Å². The average molecular weight is 403 g/mol. The van der Waals surface area contributed by atoms with E-state index < -0.39 is 11.3 Å². The van der Waals surface area contributed by atoms with Gasteiger partial charge < -0.3 is 10.1 Å². The summed E-state index contributed by atoms with van der Waals surface area (Å²) in [4.78, 5) is 28.9. The number of hydrogen-bond donors (Lipinski definition) is 2. The fourth-order valence-electron chi connectivity index (χ4n) is 3.23. The molecule has 1 unspecified atom stereocenters. The van der Waals surface area contributed by atoms with Crippen LogP contribution >= 0.6 is 11.8 Å². The van der Waals surface area contributed by atoms with E-state index in [0.29, 0.717) is 5.16 Å². The highest BCUT2D eigenvalue weighted by Crippen LogP contribution is 2.26. The molecular weight excluding hydrogens is 376 g/mol. The van der Waals surface area contributed by atoms with Gasteiger partial charge in [0.05, 0.1) is 18.0 Å². The molecule has 150 valence electrons. The first-order chi connectivity index (χ1) is 13.6. The number of imidazole rings is 1. The SMILES string of the molecule is COc1cccc(-n2ccnc2SC(C)C(=O)NC(=O)NC2CCCCC2)c1. The van der Waals surface area contributed by atoms with Crippen LogP contribution in [0.3, 0.4) is 0 Å². The lowest BCUT2D eigenvalue weighted by Crippen LogP contribution is -2.47. The lowest BCUT2D eigenvalue weighted by atomic mass is 9.96. The third-order valence-electron chi connectivity index (χ3n) is 4.77. The molecule has 1 aliphatic rings. The maximum atomic E-state index is 12.4. The van der Waals surface area contributed by atoms with Gasteiger partial charge in [-0.25, -0.2) is 9.78 Å². The molecular formula is C20H26N4O3S. The number of rotatable bonds is 6. The molecule has 1 aromatic heterocycles. The van der Waals surface area contributed by atoms with Crippen LogP contribution in [-0.2, 0) is 4.79 Å². The van der Waals surface area contributed by atoms with E-state index in [1.807, 2.05) is 35.0 Å². The maximum absolute atomic E-state index is 12.4. The Balaban J connectivity index is 1.58. The molecule has 7 nitrogen and oxygen atoms in total. The quantitative estimate of drug-likeness (QED) is 0.722. The van der Waals surface area contributed by atoms with E-state index in [1.165, 1.54) is 18.2 Å². The molecule has 1 heterocycles. The molecule has 3 amide bonds. The fraction of sp³-hybridized carbons (Fsp3) is 0.450. The van der Waals surface area contributed by atoms with Gasteiger partial charge in [0, 0.05) is 24.5 Å². The first kappa shape index (κ1) is 20.3. The first-order valence-electron chi connectivity index (χ1n) is 9.52. The molecule has 1 saturated carbocycles. The van der Waals surface area contributed by atoms with Gasteiger partial charge in [-0.15, -0.1) is 0 Å². The topological polar surface area (TPSA) is 85.2 Å². The van der Waals surface area contributed by atoms with Gasteiger partial charge in [-0.2, -0.15) is 0 Å². The highest BCUT2D eigenvalue weighted by atomic mass is 32.2. The number of nitrogens with zero attached hydrogens (tertiary/aromatic N) is 2. The summed E-state index contributed by atoms with van der Waals surface area (Å²) >= 11 is 1.30. The van der Waals surface area contributed by atoms with E-state index in [2.05, 4.69) is 15.6 Å². The minimum Gasteiger partial charge on any atom is -0.497 e. The predicted octanol–water partition coefficient (Wildman–Crippen LogP) is 3.52. The van der Waals surface area contributed by atoms with Crippen molar-refractivity contribution in [1.82, 2.24) is 20.2 Å². The Labute approximate surface area is 169 Å². The summed E-state index contributed by atoms with van der Waals surface area (Å²) in [6.07, 6.45) is 8.93. The molecule has 0 spiro atoms. The summed E-state index contributed by atoms with van der Waals surface area (Å²) in [7, 11) is 1.62. The monoisotopic (exact) mass is 402 g/mol. The predicted molar refractivity (Wildman–Crippen MR) is 109 cm³/mol. The molecule has 1 fully saturated rings. The third kappa shape index (κ3) is 5.28. The Bertz CT molecular complexity index is 817. The standard InChI is InChI=1S/C20H26N4O3S/c1-14(18(25)23-19(26)22-15-7-4-3-5-8-15)28-20-21-11-12-24(20)16-9-6-10-17(13-16)27-2/h6,9-15H,3-5,7-8H2,1-2H3,(H2,22,23,25,26). The highest BCUT2D eigenvalue weighted by molar-refractivity contribution is 8.00. The molecule has 0 radical (unpaired) electrons. The van der Waals surface area contributed by atoms with E-state index in [4.69, 9.17) is 4.74 Å². The number of carbonyl (C=O) groups excluding carboxylic acids is 2. The van der Waals surface area contributed by atoms with Crippen LogP contribution in [-0.4, -0.2) is 39.9 Å². The van der Waals surface area contributed by atoms with Crippen molar-refractivity contribution < 1.29 is 14.3 Å². The molecule has 8 heteroatoms. The number of hydrogen-bond acceptors (Lipinski definition) is 5. The van der Waals surface area contributed by atoms with Gasteiger partial charge in [-0.1, -0.05) is 37.1 Å². The number of carbonyl (C=O) groups is 2. The van der Waals surface area contributed by atoms with Gasteiger partial charge >= 0.3 is 6.03 Å². The maximum Gasteiger partial charge on any atom is 0.321 e. The molecule has 0 bridgehead atoms. The number of urea groups is 1. The van der Waals surface area contributed by atoms with Crippen molar-refractivity contribution in [2.75, 3.05) is 7.11 Å². The highest BCUT2D eigenvalue weighted by Gasteiger charge is 2.22. The van der Waals surface area contributed by atoms with E-state index in [-0.39, 0.29) is 11.9 Å². The van der Waals surface area contributed by atoms with Gasteiger partial charge in [0.2, 0.25) is 5.91 Å². The molecule has 2 N–H and O–H groups in total. The zero-order valence-corrected chi connectivity index (χ0v) is 17.0. The summed E-state index contributed by atoms with van der Waals surface area (Å²) < 4.78 is 7.16. The van der Waals surface area contributed by atoms with Crippen LogP contribution < -0.4 is 15.4 Å². The van der Waals surface area contributed by atoms with Gasteiger partial charge in [-0.05, 0) is 31.9 Å². The first-order valence-corrected chi connectivity index (χ1v) is 10.4. The molecule has 1 aliphatic carbocycles. The minimum atomic E-state index is -0.469. The Morgan fingerprint density at radius 3 is 2.82 bits per heavy atom. The molecule has 0 aliphatic heterocycles. The van der Waals surface area contributed by atoms with Gasteiger partial charge in [0.25, 0.3) is 0 Å².